The molecule has 166 valence electrons. The molecule has 0 fully saturated rings. The van der Waals surface area contributed by atoms with E-state index in [1.54, 1.807) is 30.5 Å². The van der Waals surface area contributed by atoms with Gasteiger partial charge in [-0.2, -0.15) is 4.39 Å². The second-order valence-corrected chi connectivity index (χ2v) is 9.19. The SMILES string of the molecule is CC(C)(C)C#Cc1cnc2c(c1)[C@]1(COCC(N)=N1)c1cc(-c3cccnc3F)ccc1O2. The van der Waals surface area contributed by atoms with Crippen molar-refractivity contribution in [3.63, 3.8) is 0 Å². The van der Waals surface area contributed by atoms with Gasteiger partial charge in [-0.15, -0.1) is 0 Å². The molecule has 3 aromatic rings. The molecule has 2 aliphatic rings. The molecule has 33 heavy (non-hydrogen) atoms. The number of halogens is 1. The van der Waals surface area contributed by atoms with Crippen LogP contribution in [0.25, 0.3) is 11.1 Å². The van der Waals surface area contributed by atoms with Gasteiger partial charge in [0.05, 0.1) is 12.2 Å². The van der Waals surface area contributed by atoms with Crippen molar-refractivity contribution in [3.05, 3.63) is 71.4 Å². The summed E-state index contributed by atoms with van der Waals surface area (Å²) in [5, 5.41) is 0. The van der Waals surface area contributed by atoms with Gasteiger partial charge in [0.25, 0.3) is 0 Å². The van der Waals surface area contributed by atoms with Crippen molar-refractivity contribution in [2.24, 2.45) is 16.1 Å². The third kappa shape index (κ3) is 3.83. The van der Waals surface area contributed by atoms with E-state index < -0.39 is 11.5 Å². The van der Waals surface area contributed by atoms with Crippen LogP contribution in [0, 0.1) is 23.2 Å². The average molecular weight is 442 g/mol. The van der Waals surface area contributed by atoms with Crippen LogP contribution >= 0.6 is 0 Å². The van der Waals surface area contributed by atoms with Crippen LogP contribution in [0.2, 0.25) is 0 Å². The smallest absolute Gasteiger partial charge is 0.225 e. The Morgan fingerprint density at radius 2 is 1.97 bits per heavy atom. The minimum Gasteiger partial charge on any atom is -0.438 e. The predicted octanol–water partition coefficient (Wildman–Crippen LogP) is 4.42. The fraction of sp³-hybridized carbons (Fsp3) is 0.269. The molecule has 6 nitrogen and oxygen atoms in total. The Morgan fingerprint density at radius 1 is 1.12 bits per heavy atom. The number of hydrogen-bond acceptors (Lipinski definition) is 6. The summed E-state index contributed by atoms with van der Waals surface area (Å²) in [7, 11) is 0. The Bertz CT molecular complexity index is 1350. The summed E-state index contributed by atoms with van der Waals surface area (Å²) >= 11 is 0. The maximum absolute atomic E-state index is 14.4. The normalized spacial score (nSPS) is 19.0. The second kappa shape index (κ2) is 7.68. The second-order valence-electron chi connectivity index (χ2n) is 9.19. The molecular formula is C26H23FN4O2. The lowest BCUT2D eigenvalue weighted by atomic mass is 9.80. The molecule has 5 rings (SSSR count). The Labute approximate surface area is 191 Å². The summed E-state index contributed by atoms with van der Waals surface area (Å²) in [6.45, 7) is 6.62. The zero-order valence-electron chi connectivity index (χ0n) is 18.6. The molecule has 0 saturated carbocycles. The van der Waals surface area contributed by atoms with Crippen LogP contribution in [0.5, 0.6) is 11.6 Å². The first-order chi connectivity index (χ1) is 15.7. The highest BCUT2D eigenvalue weighted by molar-refractivity contribution is 5.84. The van der Waals surface area contributed by atoms with Crippen molar-refractivity contribution in [2.45, 2.75) is 26.3 Å². The largest absolute Gasteiger partial charge is 0.438 e. The fourth-order valence-electron chi connectivity index (χ4n) is 4.01. The summed E-state index contributed by atoms with van der Waals surface area (Å²) in [5.41, 5.74) is 8.23. The number of nitrogens with zero attached hydrogens (tertiary/aromatic N) is 3. The third-order valence-electron chi connectivity index (χ3n) is 5.48. The molecule has 0 saturated heterocycles. The average Bonchev–Trinajstić information content (AvgIpc) is 2.78. The lowest BCUT2D eigenvalue weighted by Crippen LogP contribution is -2.42. The quantitative estimate of drug-likeness (QED) is 0.446. The van der Waals surface area contributed by atoms with E-state index in [4.69, 9.17) is 20.2 Å². The molecule has 0 aliphatic carbocycles. The van der Waals surface area contributed by atoms with Crippen LogP contribution in [0.15, 0.2) is 53.8 Å². The fourth-order valence-corrected chi connectivity index (χ4v) is 4.01. The zero-order chi connectivity index (χ0) is 23.2. The number of pyridine rings is 2. The Kier molecular flexibility index (Phi) is 4.91. The maximum Gasteiger partial charge on any atom is 0.225 e. The van der Waals surface area contributed by atoms with Crippen LogP contribution in [0.4, 0.5) is 4.39 Å². The minimum atomic E-state index is -0.980. The highest BCUT2D eigenvalue weighted by Gasteiger charge is 2.45. The first-order valence-electron chi connectivity index (χ1n) is 10.6. The lowest BCUT2D eigenvalue weighted by molar-refractivity contribution is 0.109. The molecule has 0 bridgehead atoms. The van der Waals surface area contributed by atoms with Crippen LogP contribution in [0.3, 0.4) is 0 Å². The number of aliphatic imine (C=N–C) groups is 1. The third-order valence-corrected chi connectivity index (χ3v) is 5.48. The molecule has 0 unspecified atom stereocenters. The number of benzene rings is 1. The summed E-state index contributed by atoms with van der Waals surface area (Å²) in [5.74, 6) is 7.23. The van der Waals surface area contributed by atoms with E-state index in [0.29, 0.717) is 34.2 Å². The number of rotatable bonds is 1. The van der Waals surface area contributed by atoms with E-state index in [1.165, 1.54) is 6.20 Å². The summed E-state index contributed by atoms with van der Waals surface area (Å²) < 4.78 is 26.4. The first kappa shape index (κ1) is 21.1. The van der Waals surface area contributed by atoms with E-state index in [0.717, 1.165) is 11.1 Å². The monoisotopic (exact) mass is 442 g/mol. The first-order valence-corrected chi connectivity index (χ1v) is 10.6. The molecule has 0 radical (unpaired) electrons. The van der Waals surface area contributed by atoms with E-state index in [1.807, 2.05) is 32.9 Å². The van der Waals surface area contributed by atoms with Gasteiger partial charge < -0.3 is 15.2 Å². The predicted molar refractivity (Wildman–Crippen MR) is 123 cm³/mol. The number of amidine groups is 1. The van der Waals surface area contributed by atoms with E-state index in [-0.39, 0.29) is 18.6 Å². The molecule has 4 heterocycles. The molecular weight excluding hydrogens is 419 g/mol. The molecule has 2 N–H and O–H groups in total. The van der Waals surface area contributed by atoms with Gasteiger partial charge in [-0.05, 0) is 56.7 Å². The van der Waals surface area contributed by atoms with Gasteiger partial charge in [0, 0.05) is 34.5 Å². The van der Waals surface area contributed by atoms with Crippen molar-refractivity contribution in [1.82, 2.24) is 9.97 Å². The molecule has 1 aromatic carbocycles. The van der Waals surface area contributed by atoms with Crippen molar-refractivity contribution in [2.75, 3.05) is 13.2 Å². The number of fused-ring (bicyclic) bond motifs is 4. The Morgan fingerprint density at radius 3 is 2.73 bits per heavy atom. The van der Waals surface area contributed by atoms with Crippen molar-refractivity contribution in [1.29, 1.82) is 0 Å². The highest BCUT2D eigenvalue weighted by Crippen LogP contribution is 2.50. The molecule has 7 heteroatoms. The van der Waals surface area contributed by atoms with Crippen molar-refractivity contribution in [3.8, 4) is 34.6 Å². The Hall–Kier alpha value is -3.76. The zero-order valence-corrected chi connectivity index (χ0v) is 18.6. The van der Waals surface area contributed by atoms with Gasteiger partial charge in [-0.1, -0.05) is 17.9 Å². The summed E-state index contributed by atoms with van der Waals surface area (Å²) in [6.07, 6.45) is 3.11. The van der Waals surface area contributed by atoms with Gasteiger partial charge in [0.15, 0.2) is 0 Å². The summed E-state index contributed by atoms with van der Waals surface area (Å²) in [6, 6.07) is 10.7. The van der Waals surface area contributed by atoms with Crippen molar-refractivity contribution >= 4 is 5.84 Å². The number of hydrogen-bond donors (Lipinski definition) is 1. The van der Waals surface area contributed by atoms with Gasteiger partial charge in [-0.25, -0.2) is 9.97 Å². The van der Waals surface area contributed by atoms with Crippen LogP contribution < -0.4 is 10.5 Å². The van der Waals surface area contributed by atoms with E-state index in [2.05, 4.69) is 21.8 Å². The topological polar surface area (TPSA) is 82.6 Å². The van der Waals surface area contributed by atoms with Gasteiger partial charge in [0.2, 0.25) is 11.8 Å². The van der Waals surface area contributed by atoms with Gasteiger partial charge >= 0.3 is 0 Å². The van der Waals surface area contributed by atoms with Gasteiger partial charge in [0.1, 0.15) is 23.7 Å². The van der Waals surface area contributed by atoms with Crippen molar-refractivity contribution < 1.29 is 13.9 Å². The van der Waals surface area contributed by atoms with E-state index >= 15 is 0 Å². The summed E-state index contributed by atoms with van der Waals surface area (Å²) in [4.78, 5) is 13.2. The van der Waals surface area contributed by atoms with Crippen LogP contribution in [-0.4, -0.2) is 29.0 Å². The molecule has 2 aliphatic heterocycles. The van der Waals surface area contributed by atoms with Crippen LogP contribution in [-0.2, 0) is 10.3 Å². The molecule has 1 spiro atoms. The molecule has 2 aromatic heterocycles. The highest BCUT2D eigenvalue weighted by atomic mass is 19.1. The number of ether oxygens (including phenoxy) is 2. The molecule has 0 amide bonds. The standard InChI is InChI=1S/C26H23FN4O2/c1-25(2,3)9-8-16-11-20-24(30-13-16)33-21-7-6-17(18-5-4-10-29-23(18)27)12-19(21)26(20)15-32-14-22(28)31-26/h4-7,10-13H,14-15H2,1-3H3,(H2,28,31)/t26-/m0/s1. The van der Waals surface area contributed by atoms with Gasteiger partial charge in [-0.3, -0.25) is 4.99 Å². The Balaban J connectivity index is 1.72. The minimum absolute atomic E-state index is 0.157. The molecule has 1 atom stereocenters. The number of nitrogens with two attached hydrogens (primary N) is 1. The van der Waals surface area contributed by atoms with E-state index in [9.17, 15) is 4.39 Å². The van der Waals surface area contributed by atoms with Crippen LogP contribution in [0.1, 0.15) is 37.5 Å². The number of aromatic nitrogens is 2. The maximum atomic E-state index is 14.4. The lowest BCUT2D eigenvalue weighted by Gasteiger charge is -2.39.